The Balaban J connectivity index is 0.000000752. The highest BCUT2D eigenvalue weighted by atomic mass is 32.2. The van der Waals surface area contributed by atoms with Crippen LogP contribution in [0.5, 0.6) is 0 Å². The van der Waals surface area contributed by atoms with E-state index in [9.17, 15) is 4.79 Å². The van der Waals surface area contributed by atoms with Gasteiger partial charge in [0.2, 0.25) is 11.6 Å². The van der Waals surface area contributed by atoms with E-state index in [1.54, 1.807) is 39.7 Å². The SMILES string of the molecule is COS(=O)[O-].COS(=O)[O-].NC(=O)c1cc[n+](COC[n+]2ccccc2/C=N/O)cc1. The van der Waals surface area contributed by atoms with Gasteiger partial charge in [0.15, 0.2) is 18.6 Å². The summed E-state index contributed by atoms with van der Waals surface area (Å²) in [7, 11) is 2.17. The van der Waals surface area contributed by atoms with Crippen LogP contribution >= 0.6 is 0 Å². The predicted molar refractivity (Wildman–Crippen MR) is 104 cm³/mol. The maximum absolute atomic E-state index is 11.0. The first kappa shape index (κ1) is 28.3. The molecule has 0 aromatic carbocycles. The molecule has 13 nitrogen and oxygen atoms in total. The number of nitrogens with zero attached hydrogens (tertiary/aromatic N) is 3. The van der Waals surface area contributed by atoms with E-state index in [2.05, 4.69) is 13.5 Å². The van der Waals surface area contributed by atoms with E-state index in [4.69, 9.17) is 33.2 Å². The first-order valence-corrected chi connectivity index (χ1v) is 10.0. The van der Waals surface area contributed by atoms with Gasteiger partial charge >= 0.3 is 0 Å². The molecule has 2 atom stereocenters. The standard InChI is InChI=1S/C14H14N4O3.2CH4O3S/c15-14(19)12-4-7-17(8-5-12)10-21-11-18-6-2-1-3-13(18)9-16-20;2*1-4-5(2)3/h1-9H,10-11H2,(H-,15,19);2*1H3,(H,2,3). The topological polar surface area (TPSA) is 191 Å². The average Bonchev–Trinajstić information content (AvgIpc) is 2.76. The van der Waals surface area contributed by atoms with Crippen molar-refractivity contribution in [1.82, 2.24) is 0 Å². The lowest BCUT2D eigenvalue weighted by atomic mass is 10.2. The molecule has 0 aliphatic carbocycles. The van der Waals surface area contributed by atoms with Gasteiger partial charge in [0.25, 0.3) is 13.5 Å². The van der Waals surface area contributed by atoms with Gasteiger partial charge in [0, 0.05) is 24.3 Å². The predicted octanol–water partition coefficient (Wildman–Crippen LogP) is -1.35. The number of rotatable bonds is 8. The van der Waals surface area contributed by atoms with Crippen LogP contribution < -0.4 is 14.9 Å². The van der Waals surface area contributed by atoms with Crippen molar-refractivity contribution in [3.63, 3.8) is 0 Å². The Kier molecular flexibility index (Phi) is 15.6. The molecule has 0 aliphatic heterocycles. The van der Waals surface area contributed by atoms with E-state index in [1.807, 2.05) is 18.3 Å². The van der Waals surface area contributed by atoms with Crippen LogP contribution in [0.3, 0.4) is 0 Å². The van der Waals surface area contributed by atoms with Crippen LogP contribution in [0.15, 0.2) is 54.1 Å². The van der Waals surface area contributed by atoms with Crippen molar-refractivity contribution in [3.05, 3.63) is 60.2 Å². The Hall–Kier alpha value is -2.66. The number of primary amides is 1. The second kappa shape index (κ2) is 17.1. The number of hydrogen-bond donors (Lipinski definition) is 2. The number of ether oxygens (including phenoxy) is 1. The van der Waals surface area contributed by atoms with Crippen molar-refractivity contribution in [2.24, 2.45) is 10.9 Å². The lowest BCUT2D eigenvalue weighted by molar-refractivity contribution is -0.788. The van der Waals surface area contributed by atoms with Gasteiger partial charge in [-0.15, -0.1) is 0 Å². The molecule has 0 spiro atoms. The minimum absolute atomic E-state index is 0.298. The summed E-state index contributed by atoms with van der Waals surface area (Å²) in [5, 5.41) is 11.6. The van der Waals surface area contributed by atoms with Crippen molar-refractivity contribution in [2.75, 3.05) is 14.2 Å². The lowest BCUT2D eigenvalue weighted by Crippen LogP contribution is -2.42. The van der Waals surface area contributed by atoms with Gasteiger partial charge in [0.05, 0.1) is 42.5 Å². The number of aromatic nitrogens is 2. The third kappa shape index (κ3) is 14.1. The number of carbonyl (C=O) groups excluding carboxylic acids is 1. The monoisotopic (exact) mass is 478 g/mol. The van der Waals surface area contributed by atoms with Crippen molar-refractivity contribution in [1.29, 1.82) is 0 Å². The molecule has 2 aromatic heterocycles. The molecule has 172 valence electrons. The highest BCUT2D eigenvalue weighted by Crippen LogP contribution is 1.93. The summed E-state index contributed by atoms with van der Waals surface area (Å²) in [4.78, 5) is 11.0. The summed E-state index contributed by atoms with van der Waals surface area (Å²) in [5.41, 5.74) is 6.34. The van der Waals surface area contributed by atoms with Crippen molar-refractivity contribution in [2.45, 2.75) is 13.5 Å². The van der Waals surface area contributed by atoms with Crippen LogP contribution in [-0.4, -0.2) is 49.1 Å². The molecule has 1 amide bonds. The highest BCUT2D eigenvalue weighted by Gasteiger charge is 2.09. The fraction of sp³-hybridized carbons (Fsp3) is 0.250. The second-order valence-corrected chi connectivity index (χ2v) is 6.49. The number of hydrogen-bond acceptors (Lipinski definition) is 10. The van der Waals surface area contributed by atoms with Crippen molar-refractivity contribution >= 4 is 34.8 Å². The molecule has 2 heterocycles. The molecule has 0 bridgehead atoms. The van der Waals surface area contributed by atoms with Crippen LogP contribution in [0.2, 0.25) is 0 Å². The minimum Gasteiger partial charge on any atom is -0.750 e. The molecule has 2 unspecified atom stereocenters. The first-order chi connectivity index (χ1) is 14.7. The third-order valence-corrected chi connectivity index (χ3v) is 3.63. The van der Waals surface area contributed by atoms with E-state index < -0.39 is 28.6 Å². The van der Waals surface area contributed by atoms with Crippen molar-refractivity contribution < 1.29 is 49.8 Å². The summed E-state index contributed by atoms with van der Waals surface area (Å²) in [6, 6.07) is 8.76. The Morgan fingerprint density at radius 1 is 1.10 bits per heavy atom. The van der Waals surface area contributed by atoms with Gasteiger partial charge in [-0.1, -0.05) is 5.16 Å². The zero-order valence-electron chi connectivity index (χ0n) is 16.6. The molecule has 15 heteroatoms. The van der Waals surface area contributed by atoms with E-state index in [0.29, 0.717) is 24.7 Å². The summed E-state index contributed by atoms with van der Waals surface area (Å²) in [5.74, 6) is -0.462. The van der Waals surface area contributed by atoms with E-state index >= 15 is 0 Å². The molecule has 0 saturated carbocycles. The fourth-order valence-corrected chi connectivity index (χ4v) is 1.74. The van der Waals surface area contributed by atoms with Gasteiger partial charge in [-0.25, -0.2) is 8.42 Å². The third-order valence-electron chi connectivity index (χ3n) is 3.08. The van der Waals surface area contributed by atoms with Crippen molar-refractivity contribution in [3.8, 4) is 0 Å². The molecule has 2 rings (SSSR count). The summed E-state index contributed by atoms with van der Waals surface area (Å²) in [6.07, 6.45) is 6.58. The van der Waals surface area contributed by atoms with Gasteiger partial charge in [-0.2, -0.15) is 9.13 Å². The normalized spacial score (nSPS) is 12.1. The molecule has 2 aromatic rings. The summed E-state index contributed by atoms with van der Waals surface area (Å²) >= 11 is -4.65. The molecular formula is C16H22N4O9S2. The van der Waals surface area contributed by atoms with Gasteiger partial charge < -0.3 is 28.4 Å². The quantitative estimate of drug-likeness (QED) is 0.152. The number of nitrogens with two attached hydrogens (primary N) is 1. The van der Waals surface area contributed by atoms with Crippen LogP contribution in [0.4, 0.5) is 0 Å². The second-order valence-electron chi connectivity index (χ2n) is 5.01. The molecular weight excluding hydrogens is 456 g/mol. The number of oxime groups is 1. The Morgan fingerprint density at radius 3 is 2.10 bits per heavy atom. The Morgan fingerprint density at radius 2 is 1.65 bits per heavy atom. The molecule has 0 fully saturated rings. The Labute approximate surface area is 183 Å². The van der Waals surface area contributed by atoms with Crippen LogP contribution in [0.1, 0.15) is 16.1 Å². The molecule has 31 heavy (non-hydrogen) atoms. The molecule has 0 saturated heterocycles. The zero-order valence-corrected chi connectivity index (χ0v) is 18.2. The van der Waals surface area contributed by atoms with E-state index in [-0.39, 0.29) is 0 Å². The lowest BCUT2D eigenvalue weighted by Gasteiger charge is -2.00. The smallest absolute Gasteiger partial charge is 0.258 e. The van der Waals surface area contributed by atoms with Gasteiger partial charge in [-0.3, -0.25) is 9.53 Å². The Bertz CT molecular complexity index is 852. The van der Waals surface area contributed by atoms with Gasteiger partial charge in [0.1, 0.15) is 6.21 Å². The maximum Gasteiger partial charge on any atom is 0.258 e. The largest absolute Gasteiger partial charge is 0.750 e. The van der Waals surface area contributed by atoms with E-state index in [0.717, 1.165) is 14.2 Å². The molecule has 0 aliphatic rings. The average molecular weight is 479 g/mol. The summed E-state index contributed by atoms with van der Waals surface area (Å²) in [6.45, 7) is 0.614. The highest BCUT2D eigenvalue weighted by molar-refractivity contribution is 7.74. The summed E-state index contributed by atoms with van der Waals surface area (Å²) < 4.78 is 53.0. The maximum atomic E-state index is 11.0. The molecule has 0 radical (unpaired) electrons. The number of carbonyl (C=O) groups is 1. The fourth-order valence-electron chi connectivity index (χ4n) is 1.74. The first-order valence-electron chi connectivity index (χ1n) is 8.05. The number of amides is 1. The van der Waals surface area contributed by atoms with Crippen LogP contribution in [0.25, 0.3) is 0 Å². The zero-order chi connectivity index (χ0) is 23.6. The van der Waals surface area contributed by atoms with E-state index in [1.165, 1.54) is 6.21 Å². The molecule has 3 N–H and O–H groups in total. The minimum atomic E-state index is -2.32. The van der Waals surface area contributed by atoms with Crippen LogP contribution in [-0.2, 0) is 49.3 Å². The number of pyridine rings is 2. The van der Waals surface area contributed by atoms with Gasteiger partial charge in [-0.05, 0) is 6.07 Å². The van der Waals surface area contributed by atoms with Crippen LogP contribution in [0, 0.1) is 0 Å².